The lowest BCUT2D eigenvalue weighted by molar-refractivity contribution is 0.124. The van der Waals surface area contributed by atoms with Crippen molar-refractivity contribution in [3.8, 4) is 5.88 Å². The van der Waals surface area contributed by atoms with E-state index >= 15 is 0 Å². The first kappa shape index (κ1) is 14.3. The predicted molar refractivity (Wildman–Crippen MR) is 78.4 cm³/mol. The van der Waals surface area contributed by atoms with Crippen LogP contribution in [-0.4, -0.2) is 17.6 Å². The monoisotopic (exact) mass is 262 g/mol. The summed E-state index contributed by atoms with van der Waals surface area (Å²) in [6, 6.07) is 4.48. The Morgan fingerprint density at radius 1 is 1.47 bits per heavy atom. The fourth-order valence-electron chi connectivity index (χ4n) is 2.84. The molecule has 0 amide bonds. The van der Waals surface area contributed by atoms with Crippen molar-refractivity contribution in [2.75, 3.05) is 6.54 Å². The van der Waals surface area contributed by atoms with Crippen LogP contribution >= 0.6 is 0 Å². The van der Waals surface area contributed by atoms with E-state index in [0.29, 0.717) is 12.1 Å². The van der Waals surface area contributed by atoms with Gasteiger partial charge >= 0.3 is 0 Å². The zero-order chi connectivity index (χ0) is 13.7. The Bertz CT molecular complexity index is 394. The van der Waals surface area contributed by atoms with Crippen LogP contribution in [0.5, 0.6) is 5.88 Å². The van der Waals surface area contributed by atoms with Crippen LogP contribution in [0, 0.1) is 5.92 Å². The number of rotatable bonds is 5. The Morgan fingerprint density at radius 2 is 2.32 bits per heavy atom. The van der Waals surface area contributed by atoms with Gasteiger partial charge in [-0.25, -0.2) is 4.98 Å². The maximum absolute atomic E-state index is 6.06. The highest BCUT2D eigenvalue weighted by Crippen LogP contribution is 2.27. The quantitative estimate of drug-likeness (QED) is 0.878. The second-order valence-electron chi connectivity index (χ2n) is 5.72. The van der Waals surface area contributed by atoms with Crippen LogP contribution in [0.1, 0.15) is 58.1 Å². The minimum atomic E-state index is 0.348. The fraction of sp³-hybridized carbons (Fsp3) is 0.688. The predicted octanol–water partition coefficient (Wildman–Crippen LogP) is 3.71. The highest BCUT2D eigenvalue weighted by molar-refractivity contribution is 5.23. The number of aromatic nitrogens is 1. The smallest absolute Gasteiger partial charge is 0.213 e. The van der Waals surface area contributed by atoms with Crippen LogP contribution in [0.25, 0.3) is 0 Å². The molecule has 1 aromatic rings. The van der Waals surface area contributed by atoms with Gasteiger partial charge in [0, 0.05) is 18.3 Å². The van der Waals surface area contributed by atoms with Crippen molar-refractivity contribution in [2.24, 2.45) is 5.92 Å². The van der Waals surface area contributed by atoms with Gasteiger partial charge in [-0.2, -0.15) is 0 Å². The van der Waals surface area contributed by atoms with E-state index in [1.807, 2.05) is 6.20 Å². The molecule has 1 N–H and O–H groups in total. The summed E-state index contributed by atoms with van der Waals surface area (Å²) in [5, 5.41) is 3.42. The van der Waals surface area contributed by atoms with Crippen molar-refractivity contribution in [1.29, 1.82) is 0 Å². The number of hydrogen-bond donors (Lipinski definition) is 1. The van der Waals surface area contributed by atoms with Crippen molar-refractivity contribution in [1.82, 2.24) is 10.3 Å². The molecule has 19 heavy (non-hydrogen) atoms. The van der Waals surface area contributed by atoms with Crippen LogP contribution in [0.4, 0.5) is 0 Å². The molecule has 1 aromatic heterocycles. The topological polar surface area (TPSA) is 34.2 Å². The first-order valence-electron chi connectivity index (χ1n) is 7.55. The van der Waals surface area contributed by atoms with Gasteiger partial charge in [0.2, 0.25) is 5.88 Å². The van der Waals surface area contributed by atoms with E-state index in [9.17, 15) is 0 Å². The lowest BCUT2D eigenvalue weighted by Crippen LogP contribution is -2.24. The molecule has 1 saturated carbocycles. The Kier molecular flexibility index (Phi) is 5.20. The summed E-state index contributed by atoms with van der Waals surface area (Å²) in [5.41, 5.74) is 1.25. The van der Waals surface area contributed by atoms with Crippen molar-refractivity contribution in [2.45, 2.75) is 58.6 Å². The number of pyridine rings is 1. The summed E-state index contributed by atoms with van der Waals surface area (Å²) in [6.45, 7) is 7.58. The standard InChI is InChI=1S/C16H26N2O/c1-4-17-13(3)14-8-9-18-16(11-14)19-15-7-5-6-12(2)10-15/h8-9,11-13,15,17H,4-7,10H2,1-3H3. The molecule has 0 spiro atoms. The van der Waals surface area contributed by atoms with E-state index in [4.69, 9.17) is 4.74 Å². The van der Waals surface area contributed by atoms with E-state index in [0.717, 1.165) is 24.8 Å². The average molecular weight is 262 g/mol. The largest absolute Gasteiger partial charge is 0.474 e. The first-order valence-corrected chi connectivity index (χ1v) is 7.55. The summed E-state index contributed by atoms with van der Waals surface area (Å²) < 4.78 is 6.06. The van der Waals surface area contributed by atoms with Gasteiger partial charge < -0.3 is 10.1 Å². The number of nitrogens with one attached hydrogen (secondary N) is 1. The van der Waals surface area contributed by atoms with Crippen LogP contribution < -0.4 is 10.1 Å². The highest BCUT2D eigenvalue weighted by Gasteiger charge is 2.20. The van der Waals surface area contributed by atoms with E-state index in [1.165, 1.54) is 24.8 Å². The SMILES string of the molecule is CCNC(C)c1ccnc(OC2CCCC(C)C2)c1. The van der Waals surface area contributed by atoms with E-state index in [-0.39, 0.29) is 0 Å². The summed E-state index contributed by atoms with van der Waals surface area (Å²) in [7, 11) is 0. The van der Waals surface area contributed by atoms with Crippen LogP contribution in [-0.2, 0) is 0 Å². The first-order chi connectivity index (χ1) is 9.19. The van der Waals surface area contributed by atoms with Gasteiger partial charge in [0.05, 0.1) is 0 Å². The van der Waals surface area contributed by atoms with Gasteiger partial charge in [-0.1, -0.05) is 20.3 Å². The van der Waals surface area contributed by atoms with Crippen LogP contribution in [0.2, 0.25) is 0 Å². The lowest BCUT2D eigenvalue weighted by Gasteiger charge is -2.27. The molecule has 0 aliphatic heterocycles. The Balaban J connectivity index is 1.98. The molecule has 0 aromatic carbocycles. The molecule has 0 saturated heterocycles. The second kappa shape index (κ2) is 6.90. The molecule has 3 atom stereocenters. The maximum Gasteiger partial charge on any atom is 0.213 e. The highest BCUT2D eigenvalue weighted by atomic mass is 16.5. The zero-order valence-electron chi connectivity index (χ0n) is 12.4. The molecule has 0 radical (unpaired) electrons. The molecule has 3 nitrogen and oxygen atoms in total. The van der Waals surface area contributed by atoms with E-state index in [1.54, 1.807) is 0 Å². The number of nitrogens with zero attached hydrogens (tertiary/aromatic N) is 1. The van der Waals surface area contributed by atoms with Crippen molar-refractivity contribution in [3.05, 3.63) is 23.9 Å². The Morgan fingerprint density at radius 3 is 3.05 bits per heavy atom. The number of hydrogen-bond acceptors (Lipinski definition) is 3. The second-order valence-corrected chi connectivity index (χ2v) is 5.72. The molecule has 3 unspecified atom stereocenters. The molecule has 0 bridgehead atoms. The Labute approximate surface area is 116 Å². The van der Waals surface area contributed by atoms with Crippen molar-refractivity contribution >= 4 is 0 Å². The molecular formula is C16H26N2O. The minimum absolute atomic E-state index is 0.348. The zero-order valence-corrected chi connectivity index (χ0v) is 12.4. The third kappa shape index (κ3) is 4.20. The molecular weight excluding hydrogens is 236 g/mol. The fourth-order valence-corrected chi connectivity index (χ4v) is 2.84. The van der Waals surface area contributed by atoms with E-state index in [2.05, 4.69) is 43.2 Å². The molecule has 1 fully saturated rings. The van der Waals surface area contributed by atoms with Gasteiger partial charge in [-0.3, -0.25) is 0 Å². The molecule has 1 aliphatic rings. The van der Waals surface area contributed by atoms with Crippen molar-refractivity contribution < 1.29 is 4.74 Å². The van der Waals surface area contributed by atoms with Gasteiger partial charge in [-0.05, 0) is 50.3 Å². The lowest BCUT2D eigenvalue weighted by atomic mass is 9.89. The Hall–Kier alpha value is -1.09. The van der Waals surface area contributed by atoms with E-state index < -0.39 is 0 Å². The van der Waals surface area contributed by atoms with Crippen LogP contribution in [0.3, 0.4) is 0 Å². The third-order valence-corrected chi connectivity index (χ3v) is 3.94. The summed E-state index contributed by atoms with van der Waals surface area (Å²) in [4.78, 5) is 4.35. The molecule has 1 heterocycles. The number of ether oxygens (including phenoxy) is 1. The summed E-state index contributed by atoms with van der Waals surface area (Å²) >= 11 is 0. The van der Waals surface area contributed by atoms with Gasteiger partial charge in [0.15, 0.2) is 0 Å². The molecule has 3 heteroatoms. The normalized spacial score (nSPS) is 25.0. The third-order valence-electron chi connectivity index (χ3n) is 3.94. The van der Waals surface area contributed by atoms with Gasteiger partial charge in [0.25, 0.3) is 0 Å². The molecule has 2 rings (SSSR count). The van der Waals surface area contributed by atoms with Crippen molar-refractivity contribution in [3.63, 3.8) is 0 Å². The van der Waals surface area contributed by atoms with Crippen LogP contribution in [0.15, 0.2) is 18.3 Å². The summed E-state index contributed by atoms with van der Waals surface area (Å²) in [6.07, 6.45) is 7.14. The summed E-state index contributed by atoms with van der Waals surface area (Å²) in [5.74, 6) is 1.56. The molecule has 106 valence electrons. The minimum Gasteiger partial charge on any atom is -0.474 e. The van der Waals surface area contributed by atoms with Gasteiger partial charge in [-0.15, -0.1) is 0 Å². The van der Waals surface area contributed by atoms with Gasteiger partial charge in [0.1, 0.15) is 6.10 Å². The molecule has 1 aliphatic carbocycles. The average Bonchev–Trinajstić information content (AvgIpc) is 2.39. The maximum atomic E-state index is 6.06.